The van der Waals surface area contributed by atoms with Gasteiger partial charge in [-0.25, -0.2) is 4.98 Å². The highest BCUT2D eigenvalue weighted by Gasteiger charge is 2.28. The molecule has 2 aromatic carbocycles. The van der Waals surface area contributed by atoms with Crippen LogP contribution in [0.4, 0.5) is 0 Å². The molecule has 4 rings (SSSR count). The average Bonchev–Trinajstić information content (AvgIpc) is 3.06. The maximum absolute atomic E-state index is 12.9. The highest BCUT2D eigenvalue weighted by molar-refractivity contribution is 14.1. The molecule has 1 aliphatic rings. The summed E-state index contributed by atoms with van der Waals surface area (Å²) >= 11 is 4.01. The summed E-state index contributed by atoms with van der Waals surface area (Å²) in [6.07, 6.45) is 2.14. The summed E-state index contributed by atoms with van der Waals surface area (Å²) in [5.41, 5.74) is 1.88. The second-order valence-electron chi connectivity index (χ2n) is 6.09. The fourth-order valence-corrected chi connectivity index (χ4v) is 4.94. The molecule has 1 fully saturated rings. The van der Waals surface area contributed by atoms with Crippen molar-refractivity contribution in [3.8, 4) is 0 Å². The van der Waals surface area contributed by atoms with Crippen LogP contribution >= 0.6 is 33.9 Å². The number of thiazole rings is 1. The molecule has 0 radical (unpaired) electrons. The summed E-state index contributed by atoms with van der Waals surface area (Å²) in [7, 11) is 0. The van der Waals surface area contributed by atoms with Crippen molar-refractivity contribution in [3.63, 3.8) is 0 Å². The van der Waals surface area contributed by atoms with Gasteiger partial charge in [0.05, 0.1) is 20.8 Å². The minimum absolute atomic E-state index is 0.144. The van der Waals surface area contributed by atoms with Crippen molar-refractivity contribution in [1.29, 1.82) is 0 Å². The van der Waals surface area contributed by atoms with Crippen molar-refractivity contribution in [2.24, 2.45) is 0 Å². The zero-order chi connectivity index (χ0) is 16.5. The van der Waals surface area contributed by atoms with E-state index in [0.29, 0.717) is 5.92 Å². The maximum Gasteiger partial charge on any atom is 0.254 e. The Hall–Kier alpha value is -1.47. The summed E-state index contributed by atoms with van der Waals surface area (Å²) in [6, 6.07) is 16.1. The Morgan fingerprint density at radius 2 is 1.96 bits per heavy atom. The van der Waals surface area contributed by atoms with Crippen LogP contribution < -0.4 is 0 Å². The number of likely N-dealkylation sites (tertiary alicyclic amines) is 1. The third-order valence-electron chi connectivity index (χ3n) is 4.47. The van der Waals surface area contributed by atoms with Crippen LogP contribution in [0.25, 0.3) is 10.2 Å². The number of para-hydroxylation sites is 1. The van der Waals surface area contributed by atoms with Crippen LogP contribution in [-0.2, 0) is 0 Å². The van der Waals surface area contributed by atoms with Crippen molar-refractivity contribution in [1.82, 2.24) is 9.88 Å². The predicted molar refractivity (Wildman–Crippen MR) is 107 cm³/mol. The lowest BCUT2D eigenvalue weighted by atomic mass is 9.98. The molecule has 0 unspecified atom stereocenters. The Kier molecular flexibility index (Phi) is 4.54. The third kappa shape index (κ3) is 3.07. The topological polar surface area (TPSA) is 33.2 Å². The van der Waals surface area contributed by atoms with Crippen molar-refractivity contribution >= 4 is 50.1 Å². The minimum atomic E-state index is 0.144. The van der Waals surface area contributed by atoms with Gasteiger partial charge in [0.25, 0.3) is 5.91 Å². The number of piperidine rings is 1. The molecule has 0 bridgehead atoms. The molecular weight excluding hydrogens is 431 g/mol. The van der Waals surface area contributed by atoms with Crippen LogP contribution in [-0.4, -0.2) is 28.9 Å². The fraction of sp³-hybridized carbons (Fsp3) is 0.263. The van der Waals surface area contributed by atoms with E-state index < -0.39 is 0 Å². The van der Waals surface area contributed by atoms with Gasteiger partial charge >= 0.3 is 0 Å². The lowest BCUT2D eigenvalue weighted by molar-refractivity contribution is 0.0706. The summed E-state index contributed by atoms with van der Waals surface area (Å²) in [4.78, 5) is 19.7. The number of carbonyl (C=O) groups is 1. The number of aromatic nitrogens is 1. The Balaban J connectivity index is 1.57. The van der Waals surface area contributed by atoms with E-state index >= 15 is 0 Å². The van der Waals surface area contributed by atoms with E-state index in [1.54, 1.807) is 11.3 Å². The van der Waals surface area contributed by atoms with E-state index in [1.807, 2.05) is 35.2 Å². The molecule has 0 N–H and O–H groups in total. The van der Waals surface area contributed by atoms with Gasteiger partial charge < -0.3 is 4.90 Å². The van der Waals surface area contributed by atoms with Crippen LogP contribution in [0, 0.1) is 3.57 Å². The Bertz CT molecular complexity index is 859. The van der Waals surface area contributed by atoms with Crippen molar-refractivity contribution in [2.45, 2.75) is 18.8 Å². The van der Waals surface area contributed by atoms with Crippen LogP contribution in [0.3, 0.4) is 0 Å². The first-order valence-electron chi connectivity index (χ1n) is 8.11. The second-order valence-corrected chi connectivity index (χ2v) is 8.31. The number of carbonyl (C=O) groups excluding carboxylic acids is 1. The SMILES string of the molecule is O=C(c1ccccc1I)N1CCC[C@H](c2nc3ccccc3s2)C1. The molecule has 5 heteroatoms. The van der Waals surface area contributed by atoms with E-state index in [2.05, 4.69) is 40.8 Å². The van der Waals surface area contributed by atoms with Gasteiger partial charge in [0, 0.05) is 22.6 Å². The van der Waals surface area contributed by atoms with Gasteiger partial charge in [0.2, 0.25) is 0 Å². The highest BCUT2D eigenvalue weighted by Crippen LogP contribution is 2.33. The van der Waals surface area contributed by atoms with E-state index in [0.717, 1.165) is 45.6 Å². The number of benzene rings is 2. The first-order chi connectivity index (χ1) is 11.7. The van der Waals surface area contributed by atoms with Gasteiger partial charge in [0.15, 0.2) is 0 Å². The standard InChI is InChI=1S/C19H17IN2OS/c20-15-8-2-1-7-14(15)19(23)22-11-5-6-13(12-22)18-21-16-9-3-4-10-17(16)24-18/h1-4,7-10,13H,5-6,11-12H2/t13-/m0/s1. The van der Waals surface area contributed by atoms with Crippen LogP contribution in [0.15, 0.2) is 48.5 Å². The molecule has 3 aromatic rings. The minimum Gasteiger partial charge on any atom is -0.338 e. The molecule has 24 heavy (non-hydrogen) atoms. The third-order valence-corrected chi connectivity index (χ3v) is 6.61. The summed E-state index contributed by atoms with van der Waals surface area (Å²) < 4.78 is 2.25. The van der Waals surface area contributed by atoms with Gasteiger partial charge in [0.1, 0.15) is 0 Å². The normalized spacial score (nSPS) is 18.0. The molecule has 122 valence electrons. The van der Waals surface area contributed by atoms with Gasteiger partial charge in [-0.1, -0.05) is 24.3 Å². The number of amides is 1. The highest BCUT2D eigenvalue weighted by atomic mass is 127. The van der Waals surface area contributed by atoms with Gasteiger partial charge in [-0.3, -0.25) is 4.79 Å². The molecule has 1 aromatic heterocycles. The van der Waals surface area contributed by atoms with Crippen molar-refractivity contribution < 1.29 is 4.79 Å². The first-order valence-corrected chi connectivity index (χ1v) is 10.0. The smallest absolute Gasteiger partial charge is 0.254 e. The van der Waals surface area contributed by atoms with Gasteiger partial charge in [-0.2, -0.15) is 0 Å². The summed E-state index contributed by atoms with van der Waals surface area (Å²) in [5, 5.41) is 1.16. The fourth-order valence-electron chi connectivity index (χ4n) is 3.23. The van der Waals surface area contributed by atoms with Crippen molar-refractivity contribution in [2.75, 3.05) is 13.1 Å². The van der Waals surface area contributed by atoms with Crippen LogP contribution in [0.1, 0.15) is 34.1 Å². The van der Waals surface area contributed by atoms with Gasteiger partial charge in [-0.15, -0.1) is 11.3 Å². The molecule has 1 atom stereocenters. The molecule has 0 aliphatic carbocycles. The summed E-state index contributed by atoms with van der Waals surface area (Å²) in [6.45, 7) is 1.61. The zero-order valence-electron chi connectivity index (χ0n) is 13.1. The molecule has 1 amide bonds. The van der Waals surface area contributed by atoms with Gasteiger partial charge in [-0.05, 0) is 59.7 Å². The Labute approximate surface area is 158 Å². The van der Waals surface area contributed by atoms with E-state index in [4.69, 9.17) is 4.98 Å². The number of fused-ring (bicyclic) bond motifs is 1. The number of halogens is 1. The van der Waals surface area contributed by atoms with Crippen LogP contribution in [0.2, 0.25) is 0 Å². The largest absolute Gasteiger partial charge is 0.338 e. The average molecular weight is 448 g/mol. The second kappa shape index (κ2) is 6.80. The lowest BCUT2D eigenvalue weighted by Crippen LogP contribution is -2.39. The van der Waals surface area contributed by atoms with E-state index in [1.165, 1.54) is 4.70 Å². The Morgan fingerprint density at radius 1 is 1.17 bits per heavy atom. The number of hydrogen-bond donors (Lipinski definition) is 0. The van der Waals surface area contributed by atoms with E-state index in [9.17, 15) is 4.79 Å². The monoisotopic (exact) mass is 448 g/mol. The molecule has 1 saturated heterocycles. The number of nitrogens with zero attached hydrogens (tertiary/aromatic N) is 2. The van der Waals surface area contributed by atoms with Crippen LogP contribution in [0.5, 0.6) is 0 Å². The first kappa shape index (κ1) is 16.0. The molecule has 1 aliphatic heterocycles. The molecule has 0 spiro atoms. The molecular formula is C19H17IN2OS. The van der Waals surface area contributed by atoms with E-state index in [-0.39, 0.29) is 5.91 Å². The quantitative estimate of drug-likeness (QED) is 0.522. The van der Waals surface area contributed by atoms with Crippen molar-refractivity contribution in [3.05, 3.63) is 62.7 Å². The summed E-state index contributed by atoms with van der Waals surface area (Å²) in [5.74, 6) is 0.493. The molecule has 2 heterocycles. The number of rotatable bonds is 2. The maximum atomic E-state index is 12.9. The Morgan fingerprint density at radius 3 is 2.79 bits per heavy atom. The number of hydrogen-bond acceptors (Lipinski definition) is 3. The molecule has 0 saturated carbocycles. The predicted octanol–water partition coefficient (Wildman–Crippen LogP) is 4.92. The lowest BCUT2D eigenvalue weighted by Gasteiger charge is -2.32. The molecule has 3 nitrogen and oxygen atoms in total. The zero-order valence-corrected chi connectivity index (χ0v) is 16.1.